The van der Waals surface area contributed by atoms with Crippen LogP contribution in [0, 0.1) is 6.92 Å². The van der Waals surface area contributed by atoms with Crippen molar-refractivity contribution in [2.24, 2.45) is 0 Å². The molecule has 18 heavy (non-hydrogen) atoms. The number of carbonyl (C=O) groups excluding carboxylic acids is 2. The number of hydrogen-bond acceptors (Lipinski definition) is 3. The Hall–Kier alpha value is -1.56. The Balaban J connectivity index is 2.00. The van der Waals surface area contributed by atoms with E-state index in [1.807, 2.05) is 0 Å². The van der Waals surface area contributed by atoms with Gasteiger partial charge in [-0.2, -0.15) is 5.10 Å². The van der Waals surface area contributed by atoms with Crippen LogP contribution in [0.2, 0.25) is 5.02 Å². The van der Waals surface area contributed by atoms with E-state index in [1.54, 1.807) is 18.9 Å². The second-order valence-electron chi connectivity index (χ2n) is 4.49. The molecule has 0 aromatic carbocycles. The van der Waals surface area contributed by atoms with Gasteiger partial charge < -0.3 is 10.2 Å². The van der Waals surface area contributed by atoms with Crippen LogP contribution in [-0.2, 0) is 4.79 Å². The van der Waals surface area contributed by atoms with Crippen LogP contribution in [-0.4, -0.2) is 46.5 Å². The number of aryl methyl sites for hydroxylation is 1. The number of halogens is 1. The number of nitrogens with one attached hydrogen (secondary N) is 2. The molecule has 0 aliphatic carbocycles. The summed E-state index contributed by atoms with van der Waals surface area (Å²) in [5.41, 5.74) is 0.867. The van der Waals surface area contributed by atoms with Crippen LogP contribution in [0.5, 0.6) is 0 Å². The molecule has 0 bridgehead atoms. The molecule has 2 heterocycles. The fourth-order valence-corrected chi connectivity index (χ4v) is 2.12. The molecule has 0 spiro atoms. The van der Waals surface area contributed by atoms with E-state index in [2.05, 4.69) is 15.5 Å². The predicted octanol–water partition coefficient (Wildman–Crippen LogP) is 0.722. The predicted molar refractivity (Wildman–Crippen MR) is 66.5 cm³/mol. The molecule has 6 nitrogen and oxygen atoms in total. The van der Waals surface area contributed by atoms with Crippen molar-refractivity contribution in [2.75, 3.05) is 13.6 Å². The van der Waals surface area contributed by atoms with Crippen LogP contribution in [0.4, 0.5) is 0 Å². The molecule has 1 saturated heterocycles. The Bertz CT molecular complexity index is 485. The van der Waals surface area contributed by atoms with Crippen LogP contribution >= 0.6 is 11.6 Å². The molecule has 1 aromatic heterocycles. The maximum Gasteiger partial charge on any atom is 0.273 e. The fourth-order valence-electron chi connectivity index (χ4n) is 1.95. The zero-order valence-corrected chi connectivity index (χ0v) is 11.0. The van der Waals surface area contributed by atoms with Crippen LogP contribution < -0.4 is 5.32 Å². The second-order valence-corrected chi connectivity index (χ2v) is 4.87. The Kier molecular flexibility index (Phi) is 3.56. The van der Waals surface area contributed by atoms with Crippen molar-refractivity contribution in [1.29, 1.82) is 0 Å². The van der Waals surface area contributed by atoms with E-state index in [0.717, 1.165) is 0 Å². The van der Waals surface area contributed by atoms with E-state index < -0.39 is 0 Å². The minimum absolute atomic E-state index is 0.0479. The van der Waals surface area contributed by atoms with Crippen molar-refractivity contribution in [2.45, 2.75) is 25.8 Å². The first-order valence-electron chi connectivity index (χ1n) is 5.74. The Morgan fingerprint density at radius 3 is 2.89 bits per heavy atom. The second kappa shape index (κ2) is 4.97. The topological polar surface area (TPSA) is 78.1 Å². The summed E-state index contributed by atoms with van der Waals surface area (Å²) in [4.78, 5) is 24.9. The average Bonchev–Trinajstić information content (AvgIpc) is 2.65. The number of carbonyl (C=O) groups is 2. The highest BCUT2D eigenvalue weighted by atomic mass is 35.5. The first kappa shape index (κ1) is 12.9. The van der Waals surface area contributed by atoms with Crippen molar-refractivity contribution >= 4 is 23.4 Å². The lowest BCUT2D eigenvalue weighted by molar-refractivity contribution is -0.132. The molecule has 1 fully saturated rings. The lowest BCUT2D eigenvalue weighted by Crippen LogP contribution is -2.48. The molecule has 1 aliphatic heterocycles. The number of likely N-dealkylation sites (N-methyl/N-ethyl adjacent to an activating group) is 1. The van der Waals surface area contributed by atoms with Crippen molar-refractivity contribution in [3.63, 3.8) is 0 Å². The molecule has 1 atom stereocenters. The zero-order chi connectivity index (χ0) is 13.3. The number of piperidine rings is 1. The molecule has 2 rings (SSSR count). The van der Waals surface area contributed by atoms with E-state index in [-0.39, 0.29) is 23.6 Å². The van der Waals surface area contributed by atoms with Gasteiger partial charge in [-0.15, -0.1) is 0 Å². The highest BCUT2D eigenvalue weighted by Crippen LogP contribution is 2.17. The number of nitrogens with zero attached hydrogens (tertiary/aromatic N) is 2. The van der Waals surface area contributed by atoms with Crippen molar-refractivity contribution in [3.05, 3.63) is 16.4 Å². The first-order chi connectivity index (χ1) is 8.49. The third-order valence-corrected chi connectivity index (χ3v) is 3.51. The Morgan fingerprint density at radius 1 is 1.61 bits per heavy atom. The smallest absolute Gasteiger partial charge is 0.273 e. The molecule has 7 heteroatoms. The van der Waals surface area contributed by atoms with E-state index in [9.17, 15) is 9.59 Å². The summed E-state index contributed by atoms with van der Waals surface area (Å²) in [5.74, 6) is -0.203. The van der Waals surface area contributed by atoms with Gasteiger partial charge in [0.05, 0.1) is 10.7 Å². The average molecular weight is 271 g/mol. The van der Waals surface area contributed by atoms with Gasteiger partial charge in [-0.3, -0.25) is 14.7 Å². The standard InChI is InChI=1S/C11H15ClN4O2/c1-6-9(12)10(15-14-6)11(18)13-7-3-4-8(17)16(2)5-7/h7H,3-5H2,1-2H3,(H,13,18)(H,14,15)/t7-/m1/s1. The lowest BCUT2D eigenvalue weighted by Gasteiger charge is -2.29. The highest BCUT2D eigenvalue weighted by Gasteiger charge is 2.26. The maximum absolute atomic E-state index is 12.0. The monoisotopic (exact) mass is 270 g/mol. The number of amides is 2. The van der Waals surface area contributed by atoms with Crippen molar-refractivity contribution in [1.82, 2.24) is 20.4 Å². The summed E-state index contributed by atoms with van der Waals surface area (Å²) >= 11 is 5.95. The van der Waals surface area contributed by atoms with Crippen LogP contribution in [0.15, 0.2) is 0 Å². The molecule has 1 aromatic rings. The lowest BCUT2D eigenvalue weighted by atomic mass is 10.1. The summed E-state index contributed by atoms with van der Waals surface area (Å²) in [5, 5.41) is 9.71. The van der Waals surface area contributed by atoms with Gasteiger partial charge in [0.1, 0.15) is 0 Å². The van der Waals surface area contributed by atoms with E-state index in [1.165, 1.54) is 0 Å². The molecule has 98 valence electrons. The van der Waals surface area contributed by atoms with Gasteiger partial charge in [0.2, 0.25) is 5.91 Å². The molecule has 0 unspecified atom stereocenters. The summed E-state index contributed by atoms with van der Waals surface area (Å²) in [6.45, 7) is 2.27. The first-order valence-corrected chi connectivity index (χ1v) is 6.12. The van der Waals surface area contributed by atoms with E-state index in [0.29, 0.717) is 30.1 Å². The number of hydrogen-bond donors (Lipinski definition) is 2. The third kappa shape index (κ3) is 2.48. The van der Waals surface area contributed by atoms with Crippen molar-refractivity contribution < 1.29 is 9.59 Å². The van der Waals surface area contributed by atoms with Crippen LogP contribution in [0.1, 0.15) is 29.0 Å². The quantitative estimate of drug-likeness (QED) is 0.831. The van der Waals surface area contributed by atoms with E-state index >= 15 is 0 Å². The summed E-state index contributed by atoms with van der Waals surface area (Å²) in [6, 6.07) is -0.0479. The van der Waals surface area contributed by atoms with Crippen LogP contribution in [0.25, 0.3) is 0 Å². The number of aromatic amines is 1. The van der Waals surface area contributed by atoms with Crippen LogP contribution in [0.3, 0.4) is 0 Å². The van der Waals surface area contributed by atoms with Gasteiger partial charge >= 0.3 is 0 Å². The van der Waals surface area contributed by atoms with Gasteiger partial charge in [-0.25, -0.2) is 0 Å². The van der Waals surface area contributed by atoms with Gasteiger partial charge in [-0.1, -0.05) is 11.6 Å². The largest absolute Gasteiger partial charge is 0.346 e. The molecule has 0 saturated carbocycles. The molecular formula is C11H15ClN4O2. The maximum atomic E-state index is 12.0. The highest BCUT2D eigenvalue weighted by molar-refractivity contribution is 6.34. The number of aromatic nitrogens is 2. The fraction of sp³-hybridized carbons (Fsp3) is 0.545. The normalized spacial score (nSPS) is 20.1. The summed E-state index contributed by atoms with van der Waals surface area (Å²) < 4.78 is 0. The number of rotatable bonds is 2. The third-order valence-electron chi connectivity index (χ3n) is 3.05. The van der Waals surface area contributed by atoms with Gasteiger partial charge in [0.25, 0.3) is 5.91 Å². The SMILES string of the molecule is Cc1[nH]nc(C(=O)N[C@@H]2CCC(=O)N(C)C2)c1Cl. The van der Waals surface area contributed by atoms with Gasteiger partial charge in [0, 0.05) is 26.1 Å². The Labute approximate surface area is 110 Å². The minimum atomic E-state index is -0.308. The minimum Gasteiger partial charge on any atom is -0.346 e. The zero-order valence-electron chi connectivity index (χ0n) is 10.3. The molecular weight excluding hydrogens is 256 g/mol. The molecule has 2 amide bonds. The molecule has 0 radical (unpaired) electrons. The molecule has 2 N–H and O–H groups in total. The van der Waals surface area contributed by atoms with Gasteiger partial charge in [0.15, 0.2) is 5.69 Å². The van der Waals surface area contributed by atoms with Gasteiger partial charge in [-0.05, 0) is 13.3 Å². The summed E-state index contributed by atoms with van der Waals surface area (Å²) in [6.07, 6.45) is 1.10. The van der Waals surface area contributed by atoms with E-state index in [4.69, 9.17) is 11.6 Å². The number of likely N-dealkylation sites (tertiary alicyclic amines) is 1. The number of H-pyrrole nitrogens is 1. The Morgan fingerprint density at radius 2 is 2.33 bits per heavy atom. The van der Waals surface area contributed by atoms with Crippen molar-refractivity contribution in [3.8, 4) is 0 Å². The summed E-state index contributed by atoms with van der Waals surface area (Å²) in [7, 11) is 1.73. The molecule has 1 aliphatic rings.